The van der Waals surface area contributed by atoms with Crippen molar-refractivity contribution >= 4 is 11.3 Å². The molecule has 0 atom stereocenters. The summed E-state index contributed by atoms with van der Waals surface area (Å²) < 4.78 is 0. The lowest BCUT2D eigenvalue weighted by atomic mass is 9.85. The molecule has 16 heavy (non-hydrogen) atoms. The molecule has 0 spiro atoms. The summed E-state index contributed by atoms with van der Waals surface area (Å²) in [6.07, 6.45) is 0. The van der Waals surface area contributed by atoms with Gasteiger partial charge in [-0.25, -0.2) is 4.98 Å². The molecule has 0 amide bonds. The Morgan fingerprint density at radius 3 is 2.31 bits per heavy atom. The van der Waals surface area contributed by atoms with Crippen molar-refractivity contribution < 1.29 is 0 Å². The van der Waals surface area contributed by atoms with Crippen LogP contribution in [0.2, 0.25) is 0 Å². The monoisotopic (exact) mass is 240 g/mol. The lowest BCUT2D eigenvalue weighted by molar-refractivity contribution is 0.276. The molecule has 2 nitrogen and oxygen atoms in total. The Hall–Kier alpha value is -0.410. The molecular formula is C13H24N2S. The molecule has 0 aliphatic carbocycles. The number of aryl methyl sites for hydroxylation is 1. The predicted molar refractivity (Wildman–Crippen MR) is 71.7 cm³/mol. The molecule has 0 bridgehead atoms. The highest BCUT2D eigenvalue weighted by molar-refractivity contribution is 7.09. The summed E-state index contributed by atoms with van der Waals surface area (Å²) in [6, 6.07) is 0. The third-order valence-corrected chi connectivity index (χ3v) is 4.16. The molecular weight excluding hydrogens is 216 g/mol. The van der Waals surface area contributed by atoms with E-state index in [9.17, 15) is 0 Å². The predicted octanol–water partition coefficient (Wildman–Crippen LogP) is 3.47. The summed E-state index contributed by atoms with van der Waals surface area (Å²) in [6.45, 7) is 13.4. The van der Waals surface area contributed by atoms with E-state index in [1.54, 1.807) is 11.3 Å². The molecule has 0 aliphatic rings. The Morgan fingerprint density at radius 1 is 1.25 bits per heavy atom. The van der Waals surface area contributed by atoms with Crippen molar-refractivity contribution in [2.45, 2.75) is 41.2 Å². The molecule has 1 N–H and O–H groups in total. The second kappa shape index (κ2) is 6.36. The minimum Gasteiger partial charge on any atom is -0.311 e. The first-order valence-corrected chi connectivity index (χ1v) is 7.00. The van der Waals surface area contributed by atoms with Gasteiger partial charge in [-0.05, 0) is 31.2 Å². The number of rotatable bonds is 6. The molecule has 92 valence electrons. The van der Waals surface area contributed by atoms with Gasteiger partial charge in [0.15, 0.2) is 0 Å². The molecule has 0 fully saturated rings. The second-order valence-electron chi connectivity index (χ2n) is 5.14. The van der Waals surface area contributed by atoms with Gasteiger partial charge in [0, 0.05) is 11.4 Å². The van der Waals surface area contributed by atoms with E-state index in [0.717, 1.165) is 30.8 Å². The first kappa shape index (κ1) is 13.7. The molecule has 1 aromatic heterocycles. The van der Waals surface area contributed by atoms with Gasteiger partial charge >= 0.3 is 0 Å². The zero-order valence-corrected chi connectivity index (χ0v) is 11.9. The van der Waals surface area contributed by atoms with E-state index in [1.165, 1.54) is 10.6 Å². The van der Waals surface area contributed by atoms with Crippen LogP contribution in [-0.4, -0.2) is 11.5 Å². The first-order valence-electron chi connectivity index (χ1n) is 6.12. The highest BCUT2D eigenvalue weighted by Crippen LogP contribution is 2.20. The van der Waals surface area contributed by atoms with Crippen LogP contribution in [0.4, 0.5) is 0 Å². The highest BCUT2D eigenvalue weighted by atomic mass is 32.1. The SMILES string of the molecule is Cc1ncsc1CNCC(C(C)C)C(C)C. The van der Waals surface area contributed by atoms with Crippen LogP contribution in [0.15, 0.2) is 5.51 Å². The van der Waals surface area contributed by atoms with Crippen molar-refractivity contribution in [3.8, 4) is 0 Å². The number of aromatic nitrogens is 1. The summed E-state index contributed by atoms with van der Waals surface area (Å²) in [7, 11) is 0. The largest absolute Gasteiger partial charge is 0.311 e. The number of thiazole rings is 1. The molecule has 1 aromatic rings. The molecule has 0 saturated heterocycles. The van der Waals surface area contributed by atoms with Gasteiger partial charge in [0.1, 0.15) is 0 Å². The fourth-order valence-electron chi connectivity index (χ4n) is 2.09. The van der Waals surface area contributed by atoms with Crippen molar-refractivity contribution in [2.75, 3.05) is 6.54 Å². The summed E-state index contributed by atoms with van der Waals surface area (Å²) >= 11 is 1.74. The third-order valence-electron chi connectivity index (χ3n) is 3.22. The minimum absolute atomic E-state index is 0.745. The van der Waals surface area contributed by atoms with E-state index in [4.69, 9.17) is 0 Å². The molecule has 0 aliphatic heterocycles. The van der Waals surface area contributed by atoms with Crippen molar-refractivity contribution in [3.05, 3.63) is 16.1 Å². The standard InChI is InChI=1S/C13H24N2S/c1-9(2)12(10(3)4)6-14-7-13-11(5)15-8-16-13/h8-10,12,14H,6-7H2,1-5H3. The lowest BCUT2D eigenvalue weighted by Crippen LogP contribution is -2.29. The first-order chi connectivity index (χ1) is 7.52. The van der Waals surface area contributed by atoms with Gasteiger partial charge in [-0.2, -0.15) is 0 Å². The van der Waals surface area contributed by atoms with Gasteiger partial charge in [-0.1, -0.05) is 27.7 Å². The molecule has 0 saturated carbocycles. The Morgan fingerprint density at radius 2 is 1.88 bits per heavy atom. The Bertz CT molecular complexity index is 297. The topological polar surface area (TPSA) is 24.9 Å². The second-order valence-corrected chi connectivity index (χ2v) is 6.08. The Labute approximate surface area is 103 Å². The van der Waals surface area contributed by atoms with Gasteiger partial charge in [0.2, 0.25) is 0 Å². The van der Waals surface area contributed by atoms with Crippen molar-refractivity contribution in [3.63, 3.8) is 0 Å². The molecule has 3 heteroatoms. The van der Waals surface area contributed by atoms with Crippen LogP contribution < -0.4 is 5.32 Å². The summed E-state index contributed by atoms with van der Waals surface area (Å²) in [5.41, 5.74) is 3.09. The number of hydrogen-bond acceptors (Lipinski definition) is 3. The van der Waals surface area contributed by atoms with Crippen LogP contribution in [-0.2, 0) is 6.54 Å². The van der Waals surface area contributed by atoms with E-state index in [0.29, 0.717) is 0 Å². The maximum absolute atomic E-state index is 4.26. The van der Waals surface area contributed by atoms with Gasteiger partial charge < -0.3 is 5.32 Å². The van der Waals surface area contributed by atoms with Crippen molar-refractivity contribution in [1.29, 1.82) is 0 Å². The Kier molecular flexibility index (Phi) is 5.42. The normalized spacial score (nSPS) is 12.0. The smallest absolute Gasteiger partial charge is 0.0798 e. The summed E-state index contributed by atoms with van der Waals surface area (Å²) in [5.74, 6) is 2.25. The molecule has 1 rings (SSSR count). The van der Waals surface area contributed by atoms with Crippen LogP contribution in [0.25, 0.3) is 0 Å². The zero-order chi connectivity index (χ0) is 12.1. The van der Waals surface area contributed by atoms with Crippen LogP contribution in [0.1, 0.15) is 38.3 Å². The van der Waals surface area contributed by atoms with Crippen LogP contribution in [0.5, 0.6) is 0 Å². The van der Waals surface area contributed by atoms with E-state index in [-0.39, 0.29) is 0 Å². The minimum atomic E-state index is 0.745. The number of hydrogen-bond donors (Lipinski definition) is 1. The van der Waals surface area contributed by atoms with Gasteiger partial charge in [-0.3, -0.25) is 0 Å². The van der Waals surface area contributed by atoms with E-state index in [2.05, 4.69) is 44.9 Å². The number of nitrogens with one attached hydrogen (secondary N) is 1. The average molecular weight is 240 g/mol. The molecule has 0 radical (unpaired) electrons. The maximum atomic E-state index is 4.26. The number of nitrogens with zero attached hydrogens (tertiary/aromatic N) is 1. The lowest BCUT2D eigenvalue weighted by Gasteiger charge is -2.25. The fourth-order valence-corrected chi connectivity index (χ4v) is 2.84. The molecule has 0 aromatic carbocycles. The van der Waals surface area contributed by atoms with E-state index < -0.39 is 0 Å². The van der Waals surface area contributed by atoms with Crippen LogP contribution in [0, 0.1) is 24.7 Å². The summed E-state index contributed by atoms with van der Waals surface area (Å²) in [5, 5.41) is 3.56. The van der Waals surface area contributed by atoms with Crippen LogP contribution in [0.3, 0.4) is 0 Å². The highest BCUT2D eigenvalue weighted by Gasteiger charge is 2.16. The van der Waals surface area contributed by atoms with Crippen molar-refractivity contribution in [1.82, 2.24) is 10.3 Å². The molecule has 0 unspecified atom stereocenters. The fraction of sp³-hybridized carbons (Fsp3) is 0.769. The maximum Gasteiger partial charge on any atom is 0.0798 e. The quantitative estimate of drug-likeness (QED) is 0.823. The molecule has 1 heterocycles. The zero-order valence-electron chi connectivity index (χ0n) is 11.1. The van der Waals surface area contributed by atoms with Crippen molar-refractivity contribution in [2.24, 2.45) is 17.8 Å². The van der Waals surface area contributed by atoms with E-state index >= 15 is 0 Å². The van der Waals surface area contributed by atoms with Crippen LogP contribution >= 0.6 is 11.3 Å². The average Bonchev–Trinajstić information content (AvgIpc) is 2.57. The Balaban J connectivity index is 2.37. The third kappa shape index (κ3) is 3.87. The van der Waals surface area contributed by atoms with Gasteiger partial charge in [-0.15, -0.1) is 11.3 Å². The van der Waals surface area contributed by atoms with Gasteiger partial charge in [0.05, 0.1) is 11.2 Å². The van der Waals surface area contributed by atoms with Gasteiger partial charge in [0.25, 0.3) is 0 Å². The van der Waals surface area contributed by atoms with E-state index in [1.807, 2.05) is 5.51 Å². The summed E-state index contributed by atoms with van der Waals surface area (Å²) in [4.78, 5) is 5.63.